The Kier molecular flexibility index (Phi) is 3.75. The van der Waals surface area contributed by atoms with Crippen LogP contribution in [0.2, 0.25) is 0 Å². The highest BCUT2D eigenvalue weighted by Crippen LogP contribution is 2.34. The predicted octanol–water partition coefficient (Wildman–Crippen LogP) is 6.41. The lowest BCUT2D eigenvalue weighted by molar-refractivity contribution is 0.980. The molecular weight excluding hydrogens is 384 g/mol. The molecule has 1 aliphatic rings. The van der Waals surface area contributed by atoms with Gasteiger partial charge in [0.1, 0.15) is 5.82 Å². The molecule has 4 aromatic rings. The Bertz CT molecular complexity index is 1120. The molecule has 5 rings (SSSR count). The lowest BCUT2D eigenvalue weighted by Gasteiger charge is -2.15. The average Bonchev–Trinajstić information content (AvgIpc) is 3.09. The summed E-state index contributed by atoms with van der Waals surface area (Å²) in [6, 6.07) is 23.3. The molecule has 0 amide bonds. The number of hydrogen-bond donors (Lipinski definition) is 0. The van der Waals surface area contributed by atoms with Crippen LogP contribution in [0.4, 0.5) is 0 Å². The van der Waals surface area contributed by atoms with Crippen molar-refractivity contribution in [3.63, 3.8) is 0 Å². The quantitative estimate of drug-likeness (QED) is 0.379. The third-order valence-corrected chi connectivity index (χ3v) is 5.46. The van der Waals surface area contributed by atoms with E-state index in [4.69, 9.17) is 4.98 Å². The molecule has 0 aliphatic heterocycles. The van der Waals surface area contributed by atoms with E-state index in [1.54, 1.807) is 0 Å². The van der Waals surface area contributed by atoms with Crippen molar-refractivity contribution in [3.8, 4) is 17.1 Å². The maximum absolute atomic E-state index is 5.02. The molecule has 0 spiro atoms. The second kappa shape index (κ2) is 6.26. The lowest BCUT2D eigenvalue weighted by atomic mass is 9.96. The van der Waals surface area contributed by atoms with Crippen molar-refractivity contribution in [3.05, 3.63) is 88.4 Å². The van der Waals surface area contributed by atoms with Gasteiger partial charge in [-0.1, -0.05) is 64.5 Å². The fourth-order valence-electron chi connectivity index (χ4n) is 3.73. The van der Waals surface area contributed by atoms with Gasteiger partial charge in [0.05, 0.1) is 11.0 Å². The van der Waals surface area contributed by atoms with Crippen LogP contribution in [0.25, 0.3) is 34.2 Å². The molecule has 1 heterocycles. The zero-order valence-electron chi connectivity index (χ0n) is 14.2. The van der Waals surface area contributed by atoms with Crippen LogP contribution in [0.3, 0.4) is 0 Å². The molecule has 0 bridgehead atoms. The van der Waals surface area contributed by atoms with Gasteiger partial charge in [0.2, 0.25) is 0 Å². The van der Waals surface area contributed by atoms with Gasteiger partial charge in [-0.3, -0.25) is 4.57 Å². The zero-order chi connectivity index (χ0) is 17.5. The van der Waals surface area contributed by atoms with Crippen molar-refractivity contribution in [1.29, 1.82) is 0 Å². The van der Waals surface area contributed by atoms with Crippen molar-refractivity contribution in [2.75, 3.05) is 0 Å². The highest BCUT2D eigenvalue weighted by Gasteiger charge is 2.19. The van der Waals surface area contributed by atoms with E-state index < -0.39 is 0 Å². The van der Waals surface area contributed by atoms with E-state index in [0.717, 1.165) is 39.9 Å². The molecule has 0 radical (unpaired) electrons. The summed E-state index contributed by atoms with van der Waals surface area (Å²) < 4.78 is 3.40. The van der Waals surface area contributed by atoms with Gasteiger partial charge in [0.25, 0.3) is 0 Å². The smallest absolute Gasteiger partial charge is 0.145 e. The van der Waals surface area contributed by atoms with Crippen LogP contribution in [0.15, 0.2) is 77.3 Å². The molecule has 0 unspecified atom stereocenters. The Labute approximate surface area is 160 Å². The third kappa shape index (κ3) is 2.51. The first-order valence-corrected chi connectivity index (χ1v) is 9.63. The summed E-state index contributed by atoms with van der Waals surface area (Å²) in [5, 5.41) is 0. The van der Waals surface area contributed by atoms with Crippen molar-refractivity contribution >= 4 is 33.0 Å². The third-order valence-electron chi connectivity index (χ3n) is 4.93. The number of rotatable bonds is 2. The molecular formula is C23H17BrN2. The van der Waals surface area contributed by atoms with Gasteiger partial charge in [0, 0.05) is 15.7 Å². The fourth-order valence-corrected chi connectivity index (χ4v) is 3.99. The maximum atomic E-state index is 5.02. The van der Waals surface area contributed by atoms with Crippen LogP contribution >= 0.6 is 15.9 Å². The van der Waals surface area contributed by atoms with Gasteiger partial charge >= 0.3 is 0 Å². The largest absolute Gasteiger partial charge is 0.292 e. The lowest BCUT2D eigenvalue weighted by Crippen LogP contribution is -2.02. The summed E-state index contributed by atoms with van der Waals surface area (Å²) in [7, 11) is 0. The number of benzene rings is 3. The number of allylic oxidation sites excluding steroid dienone is 1. The normalized spacial score (nSPS) is 13.1. The van der Waals surface area contributed by atoms with Crippen LogP contribution in [0.5, 0.6) is 0 Å². The Morgan fingerprint density at radius 2 is 1.69 bits per heavy atom. The van der Waals surface area contributed by atoms with Crippen molar-refractivity contribution in [2.45, 2.75) is 12.8 Å². The van der Waals surface area contributed by atoms with E-state index >= 15 is 0 Å². The molecule has 0 fully saturated rings. The van der Waals surface area contributed by atoms with Gasteiger partial charge in [0.15, 0.2) is 0 Å². The molecule has 0 N–H and O–H groups in total. The summed E-state index contributed by atoms with van der Waals surface area (Å²) in [5.41, 5.74) is 7.25. The zero-order valence-corrected chi connectivity index (χ0v) is 15.8. The predicted molar refractivity (Wildman–Crippen MR) is 112 cm³/mol. The van der Waals surface area contributed by atoms with Crippen LogP contribution in [0.1, 0.15) is 17.5 Å². The maximum Gasteiger partial charge on any atom is 0.145 e. The monoisotopic (exact) mass is 400 g/mol. The number of aryl methyl sites for hydroxylation is 1. The highest BCUT2D eigenvalue weighted by atomic mass is 79.9. The summed E-state index contributed by atoms with van der Waals surface area (Å²) in [4.78, 5) is 5.02. The second-order valence-corrected chi connectivity index (χ2v) is 7.47. The van der Waals surface area contributed by atoms with Crippen molar-refractivity contribution in [1.82, 2.24) is 9.55 Å². The van der Waals surface area contributed by atoms with Gasteiger partial charge in [-0.15, -0.1) is 0 Å². The number of imidazole rings is 1. The van der Waals surface area contributed by atoms with Gasteiger partial charge in [-0.2, -0.15) is 0 Å². The Morgan fingerprint density at radius 1 is 0.885 bits per heavy atom. The molecule has 3 heteroatoms. The van der Waals surface area contributed by atoms with E-state index in [9.17, 15) is 0 Å². The first-order valence-electron chi connectivity index (χ1n) is 8.83. The Balaban J connectivity index is 1.88. The molecule has 3 aromatic carbocycles. The Morgan fingerprint density at radius 3 is 2.50 bits per heavy atom. The molecule has 126 valence electrons. The summed E-state index contributed by atoms with van der Waals surface area (Å²) >= 11 is 3.55. The van der Waals surface area contributed by atoms with Crippen LogP contribution in [-0.4, -0.2) is 9.55 Å². The van der Waals surface area contributed by atoms with Crippen LogP contribution < -0.4 is 0 Å². The van der Waals surface area contributed by atoms with Crippen LogP contribution in [0, 0.1) is 0 Å². The number of halogens is 1. The molecule has 0 saturated carbocycles. The average molecular weight is 401 g/mol. The molecule has 1 aromatic heterocycles. The van der Waals surface area contributed by atoms with E-state index in [2.05, 4.69) is 93.3 Å². The summed E-state index contributed by atoms with van der Waals surface area (Å²) in [6.45, 7) is 0. The molecule has 26 heavy (non-hydrogen) atoms. The minimum Gasteiger partial charge on any atom is -0.292 e. The van der Waals surface area contributed by atoms with Crippen LogP contribution in [-0.2, 0) is 6.42 Å². The first kappa shape index (κ1) is 15.6. The van der Waals surface area contributed by atoms with E-state index in [0.29, 0.717) is 0 Å². The van der Waals surface area contributed by atoms with E-state index in [1.165, 1.54) is 16.6 Å². The molecule has 2 nitrogen and oxygen atoms in total. The Hall–Kier alpha value is -2.65. The minimum absolute atomic E-state index is 0.992. The number of nitrogens with zero attached hydrogens (tertiary/aromatic N) is 2. The highest BCUT2D eigenvalue weighted by molar-refractivity contribution is 9.10. The topological polar surface area (TPSA) is 17.8 Å². The number of aromatic nitrogens is 2. The van der Waals surface area contributed by atoms with E-state index in [-0.39, 0.29) is 0 Å². The molecule has 1 aliphatic carbocycles. The minimum atomic E-state index is 0.992. The van der Waals surface area contributed by atoms with Gasteiger partial charge in [-0.25, -0.2) is 4.98 Å². The van der Waals surface area contributed by atoms with E-state index in [1.807, 2.05) is 6.07 Å². The van der Waals surface area contributed by atoms with Gasteiger partial charge < -0.3 is 0 Å². The fraction of sp³-hybridized carbons (Fsp3) is 0.0870. The summed E-state index contributed by atoms with van der Waals surface area (Å²) in [6.07, 6.45) is 6.63. The summed E-state index contributed by atoms with van der Waals surface area (Å²) in [5.74, 6) is 0.992. The number of hydrogen-bond acceptors (Lipinski definition) is 1. The molecule has 0 atom stereocenters. The van der Waals surface area contributed by atoms with Gasteiger partial charge in [-0.05, 0) is 54.3 Å². The molecule has 0 saturated heterocycles. The standard InChI is InChI=1S/C23H17BrN2/c24-18-11-13-19(14-12-18)26-22-20-9-5-4-6-16(20)10-15-21(22)25-23(26)17-7-2-1-3-8-17/h1-4,6-8,10-15H,5,9H2. The second-order valence-electron chi connectivity index (χ2n) is 6.56. The van der Waals surface area contributed by atoms with Crippen molar-refractivity contribution < 1.29 is 0 Å². The SMILES string of the molecule is Brc1ccc(-n2c(-c3ccccc3)nc3ccc4c(c32)CCC=C4)cc1. The number of fused-ring (bicyclic) bond motifs is 3. The van der Waals surface area contributed by atoms with Crippen molar-refractivity contribution in [2.24, 2.45) is 0 Å². The first-order chi connectivity index (χ1) is 12.8.